The Kier molecular flexibility index (Phi) is 3.50. The molecule has 0 bridgehead atoms. The minimum Gasteiger partial charge on any atom is -0.308 e. The van der Waals surface area contributed by atoms with Crippen LogP contribution < -0.4 is 4.90 Å². The second-order valence-corrected chi connectivity index (χ2v) is 5.83. The van der Waals surface area contributed by atoms with Crippen LogP contribution in [0.1, 0.15) is 39.2 Å². The minimum absolute atomic E-state index is 0.0495. The van der Waals surface area contributed by atoms with Gasteiger partial charge in [-0.1, -0.05) is 6.07 Å². The normalized spacial score (nSPS) is 14.0. The third kappa shape index (κ3) is 2.56. The minimum atomic E-state index is 0.0495. The highest BCUT2D eigenvalue weighted by Gasteiger charge is 2.24. The molecular formula is C18H20N2O. The van der Waals surface area contributed by atoms with Crippen molar-refractivity contribution in [1.82, 2.24) is 4.98 Å². The Bertz CT molecular complexity index is 689. The number of hydrogen-bond acceptors (Lipinski definition) is 2. The lowest BCUT2D eigenvalue weighted by molar-refractivity contribution is 0.0985. The van der Waals surface area contributed by atoms with Gasteiger partial charge in [-0.15, -0.1) is 0 Å². The van der Waals surface area contributed by atoms with Gasteiger partial charge in [-0.3, -0.25) is 9.78 Å². The van der Waals surface area contributed by atoms with Gasteiger partial charge >= 0.3 is 0 Å². The van der Waals surface area contributed by atoms with Crippen molar-refractivity contribution in [2.75, 3.05) is 11.4 Å². The summed E-state index contributed by atoms with van der Waals surface area (Å²) in [5.41, 5.74) is 6.45. The fraction of sp³-hybridized carbons (Fsp3) is 0.333. The lowest BCUT2D eigenvalue weighted by Gasteiger charge is -2.31. The number of benzene rings is 1. The summed E-state index contributed by atoms with van der Waals surface area (Å²) in [6, 6.07) is 8.07. The maximum atomic E-state index is 12.8. The molecule has 0 radical (unpaired) electrons. The molecular weight excluding hydrogens is 260 g/mol. The van der Waals surface area contributed by atoms with Gasteiger partial charge in [0.15, 0.2) is 0 Å². The van der Waals surface area contributed by atoms with Gasteiger partial charge in [0.25, 0.3) is 5.91 Å². The first-order chi connectivity index (χ1) is 10.1. The van der Waals surface area contributed by atoms with E-state index in [4.69, 9.17) is 0 Å². The fourth-order valence-electron chi connectivity index (χ4n) is 3.04. The molecule has 3 heteroatoms. The average Bonchev–Trinajstić information content (AvgIpc) is 2.46. The molecule has 0 aliphatic carbocycles. The number of hydrogen-bond donors (Lipinski definition) is 0. The molecule has 2 aromatic rings. The number of nitrogens with zero attached hydrogens (tertiary/aromatic N) is 2. The van der Waals surface area contributed by atoms with E-state index < -0.39 is 0 Å². The maximum absolute atomic E-state index is 12.8. The van der Waals surface area contributed by atoms with Crippen LogP contribution in [0.2, 0.25) is 0 Å². The molecule has 108 valence electrons. The molecule has 0 saturated heterocycles. The molecule has 3 nitrogen and oxygen atoms in total. The van der Waals surface area contributed by atoms with E-state index in [9.17, 15) is 4.79 Å². The second kappa shape index (κ2) is 5.32. The summed E-state index contributed by atoms with van der Waals surface area (Å²) in [7, 11) is 0. The van der Waals surface area contributed by atoms with Crippen LogP contribution in [-0.4, -0.2) is 17.4 Å². The van der Waals surface area contributed by atoms with Gasteiger partial charge in [-0.2, -0.15) is 0 Å². The van der Waals surface area contributed by atoms with E-state index in [1.165, 1.54) is 16.7 Å². The molecule has 1 amide bonds. The van der Waals surface area contributed by atoms with Crippen molar-refractivity contribution in [2.24, 2.45) is 0 Å². The Morgan fingerprint density at radius 3 is 2.71 bits per heavy atom. The lowest BCUT2D eigenvalue weighted by Crippen LogP contribution is -2.36. The standard InChI is InChI=1S/C18H20N2O/c1-12-9-13(2)16-5-4-8-20(17(16)10-12)18(21)15-7-6-14(3)19-11-15/h6-7,9-11H,4-5,8H2,1-3H3. The van der Waals surface area contributed by atoms with Crippen molar-refractivity contribution >= 4 is 11.6 Å². The first kappa shape index (κ1) is 13.8. The molecule has 0 unspecified atom stereocenters. The number of carbonyl (C=O) groups excluding carboxylic acids is 1. The Hall–Kier alpha value is -2.16. The highest BCUT2D eigenvalue weighted by molar-refractivity contribution is 6.06. The number of pyridine rings is 1. The van der Waals surface area contributed by atoms with E-state index in [2.05, 4.69) is 31.0 Å². The third-order valence-corrected chi connectivity index (χ3v) is 4.10. The van der Waals surface area contributed by atoms with E-state index in [0.29, 0.717) is 5.56 Å². The van der Waals surface area contributed by atoms with Crippen molar-refractivity contribution in [1.29, 1.82) is 0 Å². The topological polar surface area (TPSA) is 33.2 Å². The molecule has 0 spiro atoms. The number of carbonyl (C=O) groups is 1. The Balaban J connectivity index is 2.02. The van der Waals surface area contributed by atoms with Gasteiger partial charge in [-0.25, -0.2) is 0 Å². The van der Waals surface area contributed by atoms with E-state index in [1.807, 2.05) is 24.0 Å². The summed E-state index contributed by atoms with van der Waals surface area (Å²) in [5, 5.41) is 0. The summed E-state index contributed by atoms with van der Waals surface area (Å²) in [6.07, 6.45) is 3.74. The van der Waals surface area contributed by atoms with Crippen molar-refractivity contribution in [2.45, 2.75) is 33.6 Å². The van der Waals surface area contributed by atoms with E-state index >= 15 is 0 Å². The molecule has 1 aromatic carbocycles. The number of aromatic nitrogens is 1. The van der Waals surface area contributed by atoms with Crippen LogP contribution in [0.4, 0.5) is 5.69 Å². The molecule has 21 heavy (non-hydrogen) atoms. The number of amides is 1. The Morgan fingerprint density at radius 2 is 2.00 bits per heavy atom. The van der Waals surface area contributed by atoms with Gasteiger partial charge in [0, 0.05) is 24.1 Å². The lowest BCUT2D eigenvalue weighted by atomic mass is 9.94. The number of anilines is 1. The first-order valence-corrected chi connectivity index (χ1v) is 7.41. The van der Waals surface area contributed by atoms with Gasteiger partial charge in [0.1, 0.15) is 0 Å². The molecule has 1 aromatic heterocycles. The van der Waals surface area contributed by atoms with Crippen LogP contribution in [0.3, 0.4) is 0 Å². The maximum Gasteiger partial charge on any atom is 0.259 e. The van der Waals surface area contributed by atoms with Crippen LogP contribution in [0.5, 0.6) is 0 Å². The number of fused-ring (bicyclic) bond motifs is 1. The summed E-state index contributed by atoms with van der Waals surface area (Å²) >= 11 is 0. The molecule has 2 heterocycles. The fourth-order valence-corrected chi connectivity index (χ4v) is 3.04. The zero-order chi connectivity index (χ0) is 15.0. The molecule has 3 rings (SSSR count). The smallest absolute Gasteiger partial charge is 0.259 e. The van der Waals surface area contributed by atoms with Crippen LogP contribution in [0.15, 0.2) is 30.5 Å². The largest absolute Gasteiger partial charge is 0.308 e. The Morgan fingerprint density at radius 1 is 1.19 bits per heavy atom. The van der Waals surface area contributed by atoms with Crippen LogP contribution in [0.25, 0.3) is 0 Å². The molecule has 1 aliphatic heterocycles. The number of aryl methyl sites for hydroxylation is 3. The third-order valence-electron chi connectivity index (χ3n) is 4.10. The zero-order valence-corrected chi connectivity index (χ0v) is 12.8. The van der Waals surface area contributed by atoms with Crippen LogP contribution in [-0.2, 0) is 6.42 Å². The van der Waals surface area contributed by atoms with E-state index in [0.717, 1.165) is 30.8 Å². The van der Waals surface area contributed by atoms with E-state index in [1.54, 1.807) is 6.20 Å². The summed E-state index contributed by atoms with van der Waals surface area (Å²) in [5.74, 6) is 0.0495. The highest BCUT2D eigenvalue weighted by Crippen LogP contribution is 2.32. The highest BCUT2D eigenvalue weighted by atomic mass is 16.2. The summed E-state index contributed by atoms with van der Waals surface area (Å²) < 4.78 is 0. The zero-order valence-electron chi connectivity index (χ0n) is 12.8. The van der Waals surface area contributed by atoms with Gasteiger partial charge in [0.2, 0.25) is 0 Å². The Labute approximate surface area is 125 Å². The molecule has 0 atom stereocenters. The summed E-state index contributed by atoms with van der Waals surface area (Å²) in [6.45, 7) is 6.92. The summed E-state index contributed by atoms with van der Waals surface area (Å²) in [4.78, 5) is 18.9. The monoisotopic (exact) mass is 280 g/mol. The predicted octanol–water partition coefficient (Wildman–Crippen LogP) is 3.60. The van der Waals surface area contributed by atoms with Crippen molar-refractivity contribution < 1.29 is 4.79 Å². The molecule has 1 aliphatic rings. The predicted molar refractivity (Wildman–Crippen MR) is 84.9 cm³/mol. The van der Waals surface area contributed by atoms with Crippen molar-refractivity contribution in [3.63, 3.8) is 0 Å². The second-order valence-electron chi connectivity index (χ2n) is 5.83. The van der Waals surface area contributed by atoms with Gasteiger partial charge in [0.05, 0.1) is 5.56 Å². The van der Waals surface area contributed by atoms with Crippen molar-refractivity contribution in [3.8, 4) is 0 Å². The first-order valence-electron chi connectivity index (χ1n) is 7.41. The van der Waals surface area contributed by atoms with Crippen LogP contribution >= 0.6 is 0 Å². The molecule has 0 saturated carbocycles. The van der Waals surface area contributed by atoms with E-state index in [-0.39, 0.29) is 5.91 Å². The van der Waals surface area contributed by atoms with Gasteiger partial charge in [-0.05, 0) is 68.5 Å². The molecule has 0 N–H and O–H groups in total. The van der Waals surface area contributed by atoms with Gasteiger partial charge < -0.3 is 4.90 Å². The number of rotatable bonds is 1. The molecule has 0 fully saturated rings. The average molecular weight is 280 g/mol. The van der Waals surface area contributed by atoms with Crippen molar-refractivity contribution in [3.05, 3.63) is 58.4 Å². The SMILES string of the molecule is Cc1cc(C)c2c(c1)N(C(=O)c1ccc(C)nc1)CCC2. The quantitative estimate of drug-likeness (QED) is 0.799. The van der Waals surface area contributed by atoms with Crippen LogP contribution in [0, 0.1) is 20.8 Å².